The third-order valence-corrected chi connectivity index (χ3v) is 4.61. The van der Waals surface area contributed by atoms with E-state index >= 15 is 0 Å². The summed E-state index contributed by atoms with van der Waals surface area (Å²) < 4.78 is 0. The van der Waals surface area contributed by atoms with E-state index in [9.17, 15) is 0 Å². The Bertz CT molecular complexity index is 463. The Morgan fingerprint density at radius 1 is 1.33 bits per heavy atom. The van der Waals surface area contributed by atoms with Crippen LogP contribution in [-0.2, 0) is 18.3 Å². The van der Waals surface area contributed by atoms with Gasteiger partial charge in [0, 0.05) is 16.8 Å². The molecule has 2 aliphatic carbocycles. The van der Waals surface area contributed by atoms with Crippen LogP contribution in [0.5, 0.6) is 0 Å². The summed E-state index contributed by atoms with van der Waals surface area (Å²) in [6.45, 7) is 5.57. The maximum atomic E-state index is 4.87. The van der Waals surface area contributed by atoms with Crippen LogP contribution in [-0.4, -0.2) is 23.6 Å². The molecule has 0 aromatic carbocycles. The van der Waals surface area contributed by atoms with Gasteiger partial charge in [0.05, 0.1) is 0 Å². The van der Waals surface area contributed by atoms with Gasteiger partial charge in [-0.25, -0.2) is 9.97 Å². The summed E-state index contributed by atoms with van der Waals surface area (Å²) in [5, 5.41) is 3.29. The van der Waals surface area contributed by atoms with Crippen molar-refractivity contribution in [3.05, 3.63) is 22.8 Å². The van der Waals surface area contributed by atoms with Crippen LogP contribution in [0, 0.1) is 12.8 Å². The van der Waals surface area contributed by atoms with Crippen LogP contribution in [0.15, 0.2) is 0 Å². The van der Waals surface area contributed by atoms with Crippen molar-refractivity contribution >= 4 is 0 Å². The average Bonchev–Trinajstić information content (AvgIpc) is 3.10. The normalized spacial score (nSPS) is 24.7. The van der Waals surface area contributed by atoms with Gasteiger partial charge < -0.3 is 5.32 Å². The van der Waals surface area contributed by atoms with Crippen LogP contribution < -0.4 is 5.32 Å². The van der Waals surface area contributed by atoms with Gasteiger partial charge in [0.1, 0.15) is 5.82 Å². The Balaban J connectivity index is 1.90. The highest BCUT2D eigenvalue weighted by Gasteiger charge is 2.42. The van der Waals surface area contributed by atoms with E-state index < -0.39 is 0 Å². The van der Waals surface area contributed by atoms with Crippen molar-refractivity contribution in [1.29, 1.82) is 0 Å². The molecule has 1 unspecified atom stereocenters. The van der Waals surface area contributed by atoms with Gasteiger partial charge in [0.2, 0.25) is 0 Å². The maximum Gasteiger partial charge on any atom is 0.134 e. The summed E-state index contributed by atoms with van der Waals surface area (Å²) in [5.74, 6) is 1.86. The zero-order chi connectivity index (χ0) is 12.8. The third-order valence-electron chi connectivity index (χ3n) is 4.61. The van der Waals surface area contributed by atoms with Crippen LogP contribution >= 0.6 is 0 Å². The fraction of sp³-hybridized carbons (Fsp3) is 0.733. The van der Waals surface area contributed by atoms with E-state index in [0.717, 1.165) is 31.1 Å². The smallest absolute Gasteiger partial charge is 0.134 e. The molecular formula is C15H23N3. The largest absolute Gasteiger partial charge is 0.319 e. The van der Waals surface area contributed by atoms with Crippen LogP contribution in [0.1, 0.15) is 49.0 Å². The molecular weight excluding hydrogens is 222 g/mol. The molecule has 3 nitrogen and oxygen atoms in total. The predicted molar refractivity (Wildman–Crippen MR) is 72.8 cm³/mol. The van der Waals surface area contributed by atoms with E-state index in [4.69, 9.17) is 9.97 Å². The maximum absolute atomic E-state index is 4.87. The Kier molecular flexibility index (Phi) is 2.89. The highest BCUT2D eigenvalue weighted by molar-refractivity contribution is 5.31. The molecule has 0 amide bonds. The van der Waals surface area contributed by atoms with Crippen molar-refractivity contribution in [2.24, 2.45) is 5.92 Å². The zero-order valence-electron chi connectivity index (χ0n) is 11.7. The molecule has 0 spiro atoms. The first-order valence-electron chi connectivity index (χ1n) is 7.14. The first kappa shape index (κ1) is 12.1. The number of rotatable bonds is 3. The molecule has 1 N–H and O–H groups in total. The second kappa shape index (κ2) is 4.30. The minimum Gasteiger partial charge on any atom is -0.319 e. The predicted octanol–water partition coefficient (Wildman–Crippen LogP) is 2.16. The fourth-order valence-corrected chi connectivity index (χ4v) is 3.00. The molecule has 18 heavy (non-hydrogen) atoms. The van der Waals surface area contributed by atoms with Gasteiger partial charge in [-0.3, -0.25) is 0 Å². The molecule has 3 rings (SSSR count). The van der Waals surface area contributed by atoms with Gasteiger partial charge in [-0.1, -0.05) is 6.92 Å². The molecule has 0 radical (unpaired) electrons. The van der Waals surface area contributed by atoms with Gasteiger partial charge in [0.15, 0.2) is 0 Å². The van der Waals surface area contributed by atoms with E-state index in [-0.39, 0.29) is 0 Å². The standard InChI is InChI=1S/C15H23N3/c1-10-12-8-11(9-16-3)4-5-13(12)18-14(17-10)15(2)6-7-15/h11,16H,4-9H2,1-3H3. The molecule has 1 heterocycles. The average molecular weight is 245 g/mol. The molecule has 1 aromatic rings. The Morgan fingerprint density at radius 3 is 2.78 bits per heavy atom. The quantitative estimate of drug-likeness (QED) is 0.887. The number of fused-ring (bicyclic) bond motifs is 1. The molecule has 0 aliphatic heterocycles. The summed E-state index contributed by atoms with van der Waals surface area (Å²) in [7, 11) is 2.04. The number of nitrogens with one attached hydrogen (secondary N) is 1. The van der Waals surface area contributed by atoms with Crippen LogP contribution in [0.3, 0.4) is 0 Å². The van der Waals surface area contributed by atoms with Crippen LogP contribution in [0.25, 0.3) is 0 Å². The molecule has 3 heteroatoms. The van der Waals surface area contributed by atoms with E-state index in [2.05, 4.69) is 19.2 Å². The number of nitrogens with zero attached hydrogens (tertiary/aromatic N) is 2. The van der Waals surface area contributed by atoms with Gasteiger partial charge in [-0.15, -0.1) is 0 Å². The lowest BCUT2D eigenvalue weighted by Crippen LogP contribution is -2.27. The highest BCUT2D eigenvalue weighted by atomic mass is 14.9. The van der Waals surface area contributed by atoms with Crippen molar-refractivity contribution in [3.63, 3.8) is 0 Å². The van der Waals surface area contributed by atoms with Crippen molar-refractivity contribution in [2.45, 2.75) is 51.4 Å². The van der Waals surface area contributed by atoms with Gasteiger partial charge >= 0.3 is 0 Å². The first-order chi connectivity index (χ1) is 8.62. The minimum atomic E-state index is 0.293. The number of hydrogen-bond donors (Lipinski definition) is 1. The van der Waals surface area contributed by atoms with E-state index in [1.54, 1.807) is 0 Å². The molecule has 1 saturated carbocycles. The SMILES string of the molecule is CNCC1CCc2nc(C3(C)CC3)nc(C)c2C1. The highest BCUT2D eigenvalue weighted by Crippen LogP contribution is 2.46. The van der Waals surface area contributed by atoms with E-state index in [1.807, 2.05) is 7.05 Å². The first-order valence-corrected chi connectivity index (χ1v) is 7.14. The number of aromatic nitrogens is 2. The summed E-state index contributed by atoms with van der Waals surface area (Å²) in [4.78, 5) is 9.65. The van der Waals surface area contributed by atoms with Gasteiger partial charge in [-0.2, -0.15) is 0 Å². The fourth-order valence-electron chi connectivity index (χ4n) is 3.00. The molecule has 2 aliphatic rings. The Labute approximate surface area is 109 Å². The van der Waals surface area contributed by atoms with E-state index in [1.165, 1.54) is 36.2 Å². The summed E-state index contributed by atoms with van der Waals surface area (Å²) in [6, 6.07) is 0. The second-order valence-corrected chi connectivity index (χ2v) is 6.29. The van der Waals surface area contributed by atoms with Crippen molar-refractivity contribution < 1.29 is 0 Å². The van der Waals surface area contributed by atoms with Crippen molar-refractivity contribution in [3.8, 4) is 0 Å². The zero-order valence-corrected chi connectivity index (χ0v) is 11.7. The lowest BCUT2D eigenvalue weighted by molar-refractivity contribution is 0.430. The lowest BCUT2D eigenvalue weighted by Gasteiger charge is -2.25. The van der Waals surface area contributed by atoms with E-state index in [0.29, 0.717) is 5.41 Å². The van der Waals surface area contributed by atoms with Gasteiger partial charge in [-0.05, 0) is 64.1 Å². The number of aryl methyl sites for hydroxylation is 2. The number of hydrogen-bond acceptors (Lipinski definition) is 3. The lowest BCUT2D eigenvalue weighted by atomic mass is 9.85. The molecule has 1 aromatic heterocycles. The monoisotopic (exact) mass is 245 g/mol. The molecule has 98 valence electrons. The van der Waals surface area contributed by atoms with Crippen molar-refractivity contribution in [1.82, 2.24) is 15.3 Å². The summed E-state index contributed by atoms with van der Waals surface area (Å²) >= 11 is 0. The minimum absolute atomic E-state index is 0.293. The molecule has 1 fully saturated rings. The molecule has 0 bridgehead atoms. The molecule has 0 saturated heterocycles. The summed E-state index contributed by atoms with van der Waals surface area (Å²) in [5.41, 5.74) is 4.28. The van der Waals surface area contributed by atoms with Crippen molar-refractivity contribution in [2.75, 3.05) is 13.6 Å². The Hall–Kier alpha value is -0.960. The Morgan fingerprint density at radius 2 is 2.11 bits per heavy atom. The van der Waals surface area contributed by atoms with Crippen LogP contribution in [0.2, 0.25) is 0 Å². The van der Waals surface area contributed by atoms with Gasteiger partial charge in [0.25, 0.3) is 0 Å². The van der Waals surface area contributed by atoms with Crippen LogP contribution in [0.4, 0.5) is 0 Å². The third kappa shape index (κ3) is 2.05. The topological polar surface area (TPSA) is 37.8 Å². The molecule has 1 atom stereocenters. The second-order valence-electron chi connectivity index (χ2n) is 6.29. The summed E-state index contributed by atoms with van der Waals surface area (Å²) in [6.07, 6.45) is 6.06.